The Hall–Kier alpha value is -2.97. The lowest BCUT2D eigenvalue weighted by atomic mass is 9.79. The maximum Gasteiger partial charge on any atom is 0.307 e. The maximum atomic E-state index is 12.1. The van der Waals surface area contributed by atoms with Gasteiger partial charge < -0.3 is 5.11 Å². The van der Waals surface area contributed by atoms with E-state index < -0.39 is 34.5 Å². The van der Waals surface area contributed by atoms with Crippen LogP contribution in [-0.4, -0.2) is 27.8 Å². The smallest absolute Gasteiger partial charge is 0.307 e. The summed E-state index contributed by atoms with van der Waals surface area (Å²) in [6, 6.07) is 5.33. The normalized spacial score (nSPS) is 20.0. The Balaban J connectivity index is 2.02. The minimum atomic E-state index is -1.04. The molecule has 0 spiro atoms. The lowest BCUT2D eigenvalue weighted by Gasteiger charge is -2.27. The van der Waals surface area contributed by atoms with E-state index in [4.69, 9.17) is 5.11 Å². The number of nitro groups is 1. The fourth-order valence-electron chi connectivity index (χ4n) is 2.84. The fraction of sp³-hybridized carbons (Fsp3) is 0.400. The van der Waals surface area contributed by atoms with Crippen LogP contribution >= 0.6 is 0 Å². The molecule has 128 valence electrons. The number of carbonyl (C=O) groups is 3. The number of benzene rings is 1. The quantitative estimate of drug-likeness (QED) is 0.559. The Morgan fingerprint density at radius 2 is 1.71 bits per heavy atom. The van der Waals surface area contributed by atoms with Crippen molar-refractivity contribution in [3.63, 3.8) is 0 Å². The number of carboxylic acid groups (broad SMARTS) is 1. The third-order valence-electron chi connectivity index (χ3n) is 4.06. The van der Waals surface area contributed by atoms with E-state index in [2.05, 4.69) is 10.9 Å². The number of nitro benzene ring substituents is 1. The number of para-hydroxylation sites is 1. The zero-order valence-corrected chi connectivity index (χ0v) is 12.7. The van der Waals surface area contributed by atoms with Crippen molar-refractivity contribution in [2.24, 2.45) is 11.8 Å². The first-order valence-electron chi connectivity index (χ1n) is 7.48. The van der Waals surface area contributed by atoms with Crippen molar-refractivity contribution in [3.05, 3.63) is 39.9 Å². The summed E-state index contributed by atoms with van der Waals surface area (Å²) in [5.41, 5.74) is 3.71. The van der Waals surface area contributed by atoms with Crippen molar-refractivity contribution in [3.8, 4) is 0 Å². The Morgan fingerprint density at radius 1 is 1.08 bits per heavy atom. The van der Waals surface area contributed by atoms with Crippen LogP contribution in [0.4, 0.5) is 5.69 Å². The highest BCUT2D eigenvalue weighted by Crippen LogP contribution is 2.30. The van der Waals surface area contributed by atoms with Crippen LogP contribution in [0, 0.1) is 22.0 Å². The predicted octanol–water partition coefficient (Wildman–Crippen LogP) is 1.25. The van der Waals surface area contributed by atoms with Gasteiger partial charge in [-0.05, 0) is 18.9 Å². The number of carboxylic acids is 1. The van der Waals surface area contributed by atoms with Gasteiger partial charge in [0.1, 0.15) is 5.56 Å². The zero-order valence-electron chi connectivity index (χ0n) is 12.7. The second-order valence-electron chi connectivity index (χ2n) is 5.55. The Bertz CT molecular complexity index is 675. The number of nitrogens with one attached hydrogen (secondary N) is 2. The molecule has 1 aliphatic rings. The summed E-state index contributed by atoms with van der Waals surface area (Å²) in [5.74, 6) is -4.00. The monoisotopic (exact) mass is 335 g/mol. The summed E-state index contributed by atoms with van der Waals surface area (Å²) in [4.78, 5) is 45.6. The number of carbonyl (C=O) groups excluding carboxylic acids is 2. The first kappa shape index (κ1) is 17.4. The van der Waals surface area contributed by atoms with Gasteiger partial charge in [-0.1, -0.05) is 25.0 Å². The molecule has 24 heavy (non-hydrogen) atoms. The van der Waals surface area contributed by atoms with Crippen molar-refractivity contribution < 1.29 is 24.4 Å². The highest BCUT2D eigenvalue weighted by molar-refractivity contribution is 5.99. The molecule has 2 atom stereocenters. The molecular weight excluding hydrogens is 318 g/mol. The summed E-state index contributed by atoms with van der Waals surface area (Å²) >= 11 is 0. The Morgan fingerprint density at radius 3 is 2.33 bits per heavy atom. The van der Waals surface area contributed by atoms with Crippen LogP contribution in [0.25, 0.3) is 0 Å². The van der Waals surface area contributed by atoms with Gasteiger partial charge in [-0.3, -0.25) is 35.3 Å². The minimum Gasteiger partial charge on any atom is -0.481 e. The third kappa shape index (κ3) is 3.86. The average molecular weight is 335 g/mol. The Kier molecular flexibility index (Phi) is 5.46. The SMILES string of the molecule is O=C(NNC(=O)[C@@H]1CCCC[C@H]1C(=O)O)c1ccccc1[N+](=O)[O-]. The third-order valence-corrected chi connectivity index (χ3v) is 4.06. The average Bonchev–Trinajstić information content (AvgIpc) is 2.59. The van der Waals surface area contributed by atoms with Gasteiger partial charge in [0.15, 0.2) is 0 Å². The van der Waals surface area contributed by atoms with E-state index in [1.165, 1.54) is 24.3 Å². The standard InChI is InChI=1S/C15H17N3O6/c19-13(9-5-1-2-6-10(9)15(21)22)16-17-14(20)11-7-3-4-8-12(11)18(23)24/h3-4,7-10H,1-2,5-6H2,(H,16,19)(H,17,20)(H,21,22)/t9-,10-/m1/s1. The van der Waals surface area contributed by atoms with Crippen LogP contribution in [0.2, 0.25) is 0 Å². The largest absolute Gasteiger partial charge is 0.481 e. The number of hydrazine groups is 1. The molecule has 3 N–H and O–H groups in total. The van der Waals surface area contributed by atoms with Gasteiger partial charge in [-0.25, -0.2) is 0 Å². The molecular formula is C15H17N3O6. The predicted molar refractivity (Wildman–Crippen MR) is 81.8 cm³/mol. The molecule has 0 radical (unpaired) electrons. The van der Waals surface area contributed by atoms with Crippen LogP contribution in [0.3, 0.4) is 0 Å². The second-order valence-corrected chi connectivity index (χ2v) is 5.55. The van der Waals surface area contributed by atoms with Crippen LogP contribution in [0.1, 0.15) is 36.0 Å². The van der Waals surface area contributed by atoms with E-state index >= 15 is 0 Å². The van der Waals surface area contributed by atoms with Gasteiger partial charge in [0, 0.05) is 6.07 Å². The molecule has 9 nitrogen and oxygen atoms in total. The van der Waals surface area contributed by atoms with E-state index in [9.17, 15) is 24.5 Å². The van der Waals surface area contributed by atoms with E-state index in [0.29, 0.717) is 12.8 Å². The molecule has 1 aromatic rings. The van der Waals surface area contributed by atoms with E-state index in [1.54, 1.807) is 0 Å². The van der Waals surface area contributed by atoms with Gasteiger partial charge in [-0.15, -0.1) is 0 Å². The van der Waals surface area contributed by atoms with E-state index in [0.717, 1.165) is 12.8 Å². The van der Waals surface area contributed by atoms with Crippen LogP contribution in [0.15, 0.2) is 24.3 Å². The summed E-state index contributed by atoms with van der Waals surface area (Å²) in [7, 11) is 0. The van der Waals surface area contributed by atoms with Gasteiger partial charge in [-0.2, -0.15) is 0 Å². The molecule has 0 saturated heterocycles. The summed E-state index contributed by atoms with van der Waals surface area (Å²) in [5, 5.41) is 20.1. The molecule has 0 aliphatic heterocycles. The minimum absolute atomic E-state index is 0.193. The number of rotatable bonds is 4. The van der Waals surface area contributed by atoms with Crippen molar-refractivity contribution in [2.45, 2.75) is 25.7 Å². The molecule has 2 rings (SSSR count). The Labute approximate surface area is 137 Å². The number of nitrogens with zero attached hydrogens (tertiary/aromatic N) is 1. The van der Waals surface area contributed by atoms with Crippen molar-refractivity contribution in [2.75, 3.05) is 0 Å². The topological polar surface area (TPSA) is 139 Å². The zero-order chi connectivity index (χ0) is 17.7. The molecule has 0 heterocycles. The second kappa shape index (κ2) is 7.53. The first-order chi connectivity index (χ1) is 11.4. The summed E-state index contributed by atoms with van der Waals surface area (Å²) in [6.07, 6.45) is 2.30. The molecule has 2 amide bonds. The molecule has 1 saturated carbocycles. The lowest BCUT2D eigenvalue weighted by Crippen LogP contribution is -2.48. The molecule has 1 fully saturated rings. The fourth-order valence-corrected chi connectivity index (χ4v) is 2.84. The maximum absolute atomic E-state index is 12.1. The van der Waals surface area contributed by atoms with E-state index in [-0.39, 0.29) is 11.3 Å². The molecule has 0 unspecified atom stereocenters. The first-order valence-corrected chi connectivity index (χ1v) is 7.48. The lowest BCUT2D eigenvalue weighted by molar-refractivity contribution is -0.385. The highest BCUT2D eigenvalue weighted by Gasteiger charge is 2.36. The van der Waals surface area contributed by atoms with Gasteiger partial charge >= 0.3 is 5.97 Å². The van der Waals surface area contributed by atoms with Crippen LogP contribution in [-0.2, 0) is 9.59 Å². The molecule has 0 aromatic heterocycles. The molecule has 1 aromatic carbocycles. The molecule has 0 bridgehead atoms. The van der Waals surface area contributed by atoms with E-state index in [1.807, 2.05) is 0 Å². The van der Waals surface area contributed by atoms with Crippen molar-refractivity contribution in [1.82, 2.24) is 10.9 Å². The molecule has 9 heteroatoms. The number of hydrogen-bond acceptors (Lipinski definition) is 5. The van der Waals surface area contributed by atoms with Gasteiger partial charge in [0.2, 0.25) is 5.91 Å². The van der Waals surface area contributed by atoms with Crippen LogP contribution < -0.4 is 10.9 Å². The molecule has 1 aliphatic carbocycles. The van der Waals surface area contributed by atoms with Gasteiger partial charge in [0.05, 0.1) is 16.8 Å². The number of aliphatic carboxylic acids is 1. The van der Waals surface area contributed by atoms with Crippen LogP contribution in [0.5, 0.6) is 0 Å². The summed E-state index contributed by atoms with van der Waals surface area (Å²) in [6.45, 7) is 0. The van der Waals surface area contributed by atoms with Crippen molar-refractivity contribution >= 4 is 23.5 Å². The van der Waals surface area contributed by atoms with Gasteiger partial charge in [0.25, 0.3) is 11.6 Å². The summed E-state index contributed by atoms with van der Waals surface area (Å²) < 4.78 is 0. The number of hydrogen-bond donors (Lipinski definition) is 3. The number of amides is 2. The van der Waals surface area contributed by atoms with Crippen molar-refractivity contribution in [1.29, 1.82) is 0 Å². The highest BCUT2D eigenvalue weighted by atomic mass is 16.6.